The van der Waals surface area contributed by atoms with Gasteiger partial charge in [-0.1, -0.05) is 6.07 Å². The van der Waals surface area contributed by atoms with Crippen LogP contribution in [0, 0.1) is 21.4 Å². The van der Waals surface area contributed by atoms with E-state index in [9.17, 15) is 15.4 Å². The summed E-state index contributed by atoms with van der Waals surface area (Å²) in [5, 5.41) is 20.1. The summed E-state index contributed by atoms with van der Waals surface area (Å²) >= 11 is 0. The maximum atomic E-state index is 10.8. The van der Waals surface area contributed by atoms with Crippen molar-refractivity contribution < 1.29 is 4.92 Å². The summed E-state index contributed by atoms with van der Waals surface area (Å²) in [6.45, 7) is 4.08. The van der Waals surface area contributed by atoms with Crippen LogP contribution >= 0.6 is 0 Å². The summed E-state index contributed by atoms with van der Waals surface area (Å²) in [5.74, 6) is 0. The van der Waals surface area contributed by atoms with Gasteiger partial charge in [0, 0.05) is 51.1 Å². The summed E-state index contributed by atoms with van der Waals surface area (Å²) in [6.07, 6.45) is 1.79. The fraction of sp³-hybridized carbons (Fsp3) is 0.294. The first kappa shape index (κ1) is 15.9. The largest absolute Gasteiger partial charge is 0.368 e. The molecule has 0 amide bonds. The summed E-state index contributed by atoms with van der Waals surface area (Å²) in [6, 6.07) is 12.4. The van der Waals surface area contributed by atoms with Gasteiger partial charge in [-0.05, 0) is 18.2 Å². The van der Waals surface area contributed by atoms with Gasteiger partial charge in [-0.15, -0.1) is 0 Å². The predicted octanol–water partition coefficient (Wildman–Crippen LogP) is 2.18. The quantitative estimate of drug-likeness (QED) is 0.633. The molecule has 0 atom stereocenters. The lowest BCUT2D eigenvalue weighted by Gasteiger charge is -2.36. The highest BCUT2D eigenvalue weighted by Crippen LogP contribution is 2.26. The summed E-state index contributed by atoms with van der Waals surface area (Å²) in [7, 11) is 0. The minimum Gasteiger partial charge on any atom is -0.368 e. The molecule has 0 unspecified atom stereocenters. The smallest absolute Gasteiger partial charge is 0.270 e. The van der Waals surface area contributed by atoms with E-state index in [2.05, 4.69) is 20.9 Å². The number of non-ortho nitro benzene ring substituents is 1. The minimum absolute atomic E-state index is 0.0518. The summed E-state index contributed by atoms with van der Waals surface area (Å²) < 4.78 is 0. The van der Waals surface area contributed by atoms with E-state index in [0.29, 0.717) is 5.56 Å². The Morgan fingerprint density at radius 3 is 2.62 bits per heavy atom. The van der Waals surface area contributed by atoms with Crippen LogP contribution in [0.5, 0.6) is 0 Å². The highest BCUT2D eigenvalue weighted by Gasteiger charge is 2.21. The van der Waals surface area contributed by atoms with Gasteiger partial charge >= 0.3 is 0 Å². The molecule has 0 spiro atoms. The lowest BCUT2D eigenvalue weighted by atomic mass is 10.1. The Balaban J connectivity index is 1.66. The van der Waals surface area contributed by atoms with Crippen molar-refractivity contribution >= 4 is 11.4 Å². The first-order chi connectivity index (χ1) is 11.7. The predicted molar refractivity (Wildman–Crippen MR) is 89.5 cm³/mol. The van der Waals surface area contributed by atoms with Gasteiger partial charge < -0.3 is 4.90 Å². The molecule has 1 fully saturated rings. The van der Waals surface area contributed by atoms with Crippen LogP contribution in [-0.2, 0) is 6.54 Å². The maximum Gasteiger partial charge on any atom is 0.270 e. The number of nitrogens with zero attached hydrogens (tertiary/aromatic N) is 5. The van der Waals surface area contributed by atoms with E-state index in [1.54, 1.807) is 12.3 Å². The second-order valence-electron chi connectivity index (χ2n) is 5.65. The average Bonchev–Trinajstić information content (AvgIpc) is 2.62. The topological polar surface area (TPSA) is 86.3 Å². The van der Waals surface area contributed by atoms with Crippen molar-refractivity contribution in [2.45, 2.75) is 6.54 Å². The normalized spacial score (nSPS) is 15.0. The van der Waals surface area contributed by atoms with E-state index in [4.69, 9.17) is 0 Å². The van der Waals surface area contributed by atoms with Crippen molar-refractivity contribution in [1.82, 2.24) is 9.88 Å². The number of nitro benzene ring substituents is 1. The number of nitro groups is 1. The van der Waals surface area contributed by atoms with Gasteiger partial charge in [0.25, 0.3) is 5.69 Å². The van der Waals surface area contributed by atoms with Crippen LogP contribution in [0.1, 0.15) is 11.3 Å². The van der Waals surface area contributed by atoms with Crippen LogP contribution in [-0.4, -0.2) is 41.0 Å². The highest BCUT2D eigenvalue weighted by atomic mass is 16.6. The Hall–Kier alpha value is -2.98. The Morgan fingerprint density at radius 2 is 2.00 bits per heavy atom. The van der Waals surface area contributed by atoms with Gasteiger partial charge in [0.2, 0.25) is 0 Å². The van der Waals surface area contributed by atoms with Crippen LogP contribution in [0.25, 0.3) is 0 Å². The number of pyridine rings is 1. The van der Waals surface area contributed by atoms with Crippen molar-refractivity contribution in [2.24, 2.45) is 0 Å². The Labute approximate surface area is 139 Å². The Kier molecular flexibility index (Phi) is 4.68. The molecule has 1 aliphatic heterocycles. The highest BCUT2D eigenvalue weighted by molar-refractivity contribution is 5.63. The zero-order valence-electron chi connectivity index (χ0n) is 13.1. The fourth-order valence-corrected chi connectivity index (χ4v) is 2.87. The molecular weight excluding hydrogens is 306 g/mol. The Morgan fingerprint density at radius 1 is 1.21 bits per heavy atom. The molecule has 0 aliphatic carbocycles. The molecular formula is C17H17N5O2. The number of piperazine rings is 1. The molecule has 2 heterocycles. The standard InChI is InChI=1S/C17H17N5O2/c18-12-14-11-16(22(23)24)4-5-17(14)21-9-7-20(8-10-21)13-15-3-1-2-6-19-15/h1-6,11H,7-10,13H2. The van der Waals surface area contributed by atoms with Crippen molar-refractivity contribution in [3.63, 3.8) is 0 Å². The molecule has 1 aromatic carbocycles. The van der Waals surface area contributed by atoms with E-state index in [1.807, 2.05) is 18.2 Å². The van der Waals surface area contributed by atoms with Crippen LogP contribution in [0.4, 0.5) is 11.4 Å². The number of benzene rings is 1. The van der Waals surface area contributed by atoms with Crippen molar-refractivity contribution in [1.29, 1.82) is 5.26 Å². The van der Waals surface area contributed by atoms with Gasteiger partial charge in [-0.25, -0.2) is 0 Å². The molecule has 0 bridgehead atoms. The monoisotopic (exact) mass is 323 g/mol. The van der Waals surface area contributed by atoms with Gasteiger partial charge in [0.15, 0.2) is 0 Å². The second kappa shape index (κ2) is 7.06. The third-order valence-electron chi connectivity index (χ3n) is 4.14. The molecule has 7 heteroatoms. The van der Waals surface area contributed by atoms with E-state index in [0.717, 1.165) is 44.1 Å². The molecule has 0 saturated carbocycles. The van der Waals surface area contributed by atoms with Crippen LogP contribution in [0.3, 0.4) is 0 Å². The number of anilines is 1. The number of aromatic nitrogens is 1. The molecule has 1 aromatic heterocycles. The van der Waals surface area contributed by atoms with Crippen LogP contribution in [0.2, 0.25) is 0 Å². The lowest BCUT2D eigenvalue weighted by molar-refractivity contribution is -0.384. The minimum atomic E-state index is -0.477. The molecule has 1 saturated heterocycles. The van der Waals surface area contributed by atoms with E-state index >= 15 is 0 Å². The van der Waals surface area contributed by atoms with E-state index < -0.39 is 4.92 Å². The van der Waals surface area contributed by atoms with Gasteiger partial charge in [0.05, 0.1) is 21.9 Å². The molecule has 1 aliphatic rings. The zero-order chi connectivity index (χ0) is 16.9. The van der Waals surface area contributed by atoms with E-state index in [-0.39, 0.29) is 5.69 Å². The number of hydrogen-bond acceptors (Lipinski definition) is 6. The third kappa shape index (κ3) is 3.50. The van der Waals surface area contributed by atoms with E-state index in [1.165, 1.54) is 12.1 Å². The molecule has 3 rings (SSSR count). The van der Waals surface area contributed by atoms with Gasteiger partial charge in [-0.3, -0.25) is 20.0 Å². The summed E-state index contributed by atoms with van der Waals surface area (Å²) in [5.41, 5.74) is 2.10. The first-order valence-electron chi connectivity index (χ1n) is 7.73. The van der Waals surface area contributed by atoms with Crippen molar-refractivity contribution in [3.05, 3.63) is 64.0 Å². The first-order valence-corrected chi connectivity index (χ1v) is 7.73. The molecule has 0 radical (unpaired) electrons. The molecule has 24 heavy (non-hydrogen) atoms. The van der Waals surface area contributed by atoms with Crippen LogP contribution < -0.4 is 4.90 Å². The molecule has 122 valence electrons. The molecule has 2 aromatic rings. The van der Waals surface area contributed by atoms with Crippen molar-refractivity contribution in [3.8, 4) is 6.07 Å². The van der Waals surface area contributed by atoms with Crippen LogP contribution in [0.15, 0.2) is 42.6 Å². The average molecular weight is 323 g/mol. The summed E-state index contributed by atoms with van der Waals surface area (Å²) in [4.78, 5) is 19.1. The number of rotatable bonds is 4. The van der Waals surface area contributed by atoms with Crippen molar-refractivity contribution in [2.75, 3.05) is 31.1 Å². The number of nitriles is 1. The second-order valence-corrected chi connectivity index (χ2v) is 5.65. The fourth-order valence-electron chi connectivity index (χ4n) is 2.87. The lowest BCUT2D eigenvalue weighted by Crippen LogP contribution is -2.46. The molecule has 0 N–H and O–H groups in total. The zero-order valence-corrected chi connectivity index (χ0v) is 13.1. The number of hydrogen-bond donors (Lipinski definition) is 0. The van der Waals surface area contributed by atoms with Gasteiger partial charge in [-0.2, -0.15) is 5.26 Å². The maximum absolute atomic E-state index is 10.8. The molecule has 7 nitrogen and oxygen atoms in total. The SMILES string of the molecule is N#Cc1cc([N+](=O)[O-])ccc1N1CCN(Cc2ccccn2)CC1. The van der Waals surface area contributed by atoms with Gasteiger partial charge in [0.1, 0.15) is 6.07 Å². The Bertz CT molecular complexity index is 764. The third-order valence-corrected chi connectivity index (χ3v) is 4.14.